The second-order valence-electron chi connectivity index (χ2n) is 7.63. The number of tetrazole rings is 1. The van der Waals surface area contributed by atoms with Crippen LogP contribution in [0.5, 0.6) is 0 Å². The van der Waals surface area contributed by atoms with Gasteiger partial charge < -0.3 is 0 Å². The van der Waals surface area contributed by atoms with E-state index in [0.29, 0.717) is 10.7 Å². The Hall–Kier alpha value is -2.58. The first-order valence-electron chi connectivity index (χ1n) is 10.2. The van der Waals surface area contributed by atoms with Crippen LogP contribution in [0, 0.1) is 0 Å². The lowest BCUT2D eigenvalue weighted by molar-refractivity contribution is 0.254. The van der Waals surface area contributed by atoms with E-state index >= 15 is 0 Å². The van der Waals surface area contributed by atoms with E-state index in [9.17, 15) is 8.42 Å². The summed E-state index contributed by atoms with van der Waals surface area (Å²) in [7, 11) is -1.06. The van der Waals surface area contributed by atoms with Crippen molar-refractivity contribution in [1.82, 2.24) is 25.1 Å². The second-order valence-corrected chi connectivity index (χ2v) is 9.65. The van der Waals surface area contributed by atoms with Gasteiger partial charge in [-0.15, -0.1) is 10.2 Å². The van der Waals surface area contributed by atoms with Gasteiger partial charge in [0.25, 0.3) is 0 Å². The van der Waals surface area contributed by atoms with E-state index in [2.05, 4.69) is 34.3 Å². The summed E-state index contributed by atoms with van der Waals surface area (Å²) in [6.07, 6.45) is 4.37. The quantitative estimate of drug-likeness (QED) is 0.460. The maximum absolute atomic E-state index is 11.6. The normalized spacial score (nSPS) is 12.9. The Morgan fingerprint density at radius 1 is 1.00 bits per heavy atom. The molecule has 0 aliphatic rings. The molecule has 0 N–H and O–H groups in total. The lowest BCUT2D eigenvalue weighted by Gasteiger charge is -2.25. The van der Waals surface area contributed by atoms with E-state index in [1.54, 1.807) is 16.9 Å². The molecule has 0 fully saturated rings. The Kier molecular flexibility index (Phi) is 7.33. The fraction of sp³-hybridized carbons (Fsp3) is 0.409. The van der Waals surface area contributed by atoms with E-state index in [1.165, 1.54) is 6.26 Å². The molecule has 30 heavy (non-hydrogen) atoms. The Labute approximate surface area is 178 Å². The Morgan fingerprint density at radius 3 is 2.37 bits per heavy atom. The smallest absolute Gasteiger partial charge is 0.204 e. The predicted molar refractivity (Wildman–Crippen MR) is 118 cm³/mol. The molecule has 7 nitrogen and oxygen atoms in total. The molecule has 8 heteroatoms. The lowest BCUT2D eigenvalue weighted by atomic mass is 10.1. The molecule has 1 unspecified atom stereocenters. The minimum absolute atomic E-state index is 0.226. The van der Waals surface area contributed by atoms with Crippen LogP contribution < -0.4 is 0 Å². The number of hydrogen-bond donors (Lipinski definition) is 0. The SMILES string of the molecule is CC(c1ccc(S(C)(=O)=O)cc1)N(C)CCCCCn1nnc(-c2ccccc2)n1. The summed E-state index contributed by atoms with van der Waals surface area (Å²) in [6.45, 7) is 3.86. The van der Waals surface area contributed by atoms with Crippen molar-refractivity contribution < 1.29 is 8.42 Å². The highest BCUT2D eigenvalue weighted by Gasteiger charge is 2.13. The summed E-state index contributed by atoms with van der Waals surface area (Å²) in [5.74, 6) is 0.658. The summed E-state index contributed by atoms with van der Waals surface area (Å²) in [5.41, 5.74) is 2.09. The average Bonchev–Trinajstić information content (AvgIpc) is 3.22. The topological polar surface area (TPSA) is 81.0 Å². The van der Waals surface area contributed by atoms with Gasteiger partial charge in [-0.05, 0) is 56.3 Å². The van der Waals surface area contributed by atoms with E-state index in [1.807, 2.05) is 42.5 Å². The zero-order valence-corrected chi connectivity index (χ0v) is 18.6. The van der Waals surface area contributed by atoms with Gasteiger partial charge in [0.15, 0.2) is 9.84 Å². The second kappa shape index (κ2) is 9.95. The van der Waals surface area contributed by atoms with Crippen molar-refractivity contribution in [2.75, 3.05) is 19.8 Å². The Balaban J connectivity index is 1.40. The molecule has 2 aromatic carbocycles. The number of rotatable bonds is 10. The van der Waals surface area contributed by atoms with Crippen molar-refractivity contribution in [3.05, 3.63) is 60.2 Å². The minimum Gasteiger partial charge on any atom is -0.300 e. The number of benzene rings is 2. The van der Waals surface area contributed by atoms with E-state index in [-0.39, 0.29) is 6.04 Å². The molecule has 0 spiro atoms. The molecule has 0 saturated heterocycles. The molecule has 1 atom stereocenters. The number of aromatic nitrogens is 4. The first-order chi connectivity index (χ1) is 14.3. The molecule has 0 aliphatic carbocycles. The van der Waals surface area contributed by atoms with E-state index < -0.39 is 9.84 Å². The average molecular weight is 428 g/mol. The van der Waals surface area contributed by atoms with Crippen molar-refractivity contribution in [2.45, 2.75) is 43.7 Å². The fourth-order valence-electron chi connectivity index (χ4n) is 3.27. The van der Waals surface area contributed by atoms with Gasteiger partial charge in [0.2, 0.25) is 5.82 Å². The molecule has 160 valence electrons. The number of aryl methyl sites for hydroxylation is 1. The van der Waals surface area contributed by atoms with Crippen LogP contribution in [0.1, 0.15) is 37.8 Å². The van der Waals surface area contributed by atoms with Crippen molar-refractivity contribution in [2.24, 2.45) is 0 Å². The maximum Gasteiger partial charge on any atom is 0.204 e. The summed E-state index contributed by atoms with van der Waals surface area (Å²) < 4.78 is 23.2. The predicted octanol–water partition coefficient (Wildman–Crippen LogP) is 3.61. The molecular weight excluding hydrogens is 398 g/mol. The van der Waals surface area contributed by atoms with Crippen molar-refractivity contribution in [3.63, 3.8) is 0 Å². The third-order valence-corrected chi connectivity index (χ3v) is 6.43. The molecule has 1 aromatic heterocycles. The first-order valence-corrected chi connectivity index (χ1v) is 12.1. The van der Waals surface area contributed by atoms with Gasteiger partial charge in [-0.3, -0.25) is 4.90 Å². The van der Waals surface area contributed by atoms with Crippen LogP contribution in [0.2, 0.25) is 0 Å². The molecule has 0 radical (unpaired) electrons. The van der Waals surface area contributed by atoms with Crippen LogP contribution in [-0.4, -0.2) is 53.4 Å². The molecule has 1 heterocycles. The largest absolute Gasteiger partial charge is 0.300 e. The minimum atomic E-state index is -3.15. The fourth-order valence-corrected chi connectivity index (χ4v) is 3.90. The van der Waals surface area contributed by atoms with Crippen molar-refractivity contribution in [1.29, 1.82) is 0 Å². The third kappa shape index (κ3) is 5.96. The van der Waals surface area contributed by atoms with Crippen LogP contribution in [0.3, 0.4) is 0 Å². The van der Waals surface area contributed by atoms with Gasteiger partial charge in [-0.25, -0.2) is 8.42 Å². The van der Waals surface area contributed by atoms with Gasteiger partial charge in [0.1, 0.15) is 0 Å². The molecule has 0 saturated carbocycles. The number of unbranched alkanes of at least 4 members (excludes halogenated alkanes) is 2. The van der Waals surface area contributed by atoms with Gasteiger partial charge in [-0.2, -0.15) is 4.80 Å². The molecule has 0 bridgehead atoms. The summed E-state index contributed by atoms with van der Waals surface area (Å²) in [4.78, 5) is 4.31. The Morgan fingerprint density at radius 2 is 1.70 bits per heavy atom. The molecule has 3 aromatic rings. The van der Waals surface area contributed by atoms with E-state index in [4.69, 9.17) is 0 Å². The zero-order valence-electron chi connectivity index (χ0n) is 17.8. The van der Waals surface area contributed by atoms with Gasteiger partial charge in [0.05, 0.1) is 11.4 Å². The van der Waals surface area contributed by atoms with E-state index in [0.717, 1.165) is 43.5 Å². The summed E-state index contributed by atoms with van der Waals surface area (Å²) in [5, 5.41) is 12.7. The molecule has 0 amide bonds. The van der Waals surface area contributed by atoms with Crippen molar-refractivity contribution in [3.8, 4) is 11.4 Å². The summed E-state index contributed by atoms with van der Waals surface area (Å²) >= 11 is 0. The van der Waals surface area contributed by atoms with Crippen molar-refractivity contribution >= 4 is 9.84 Å². The number of nitrogens with zero attached hydrogens (tertiary/aromatic N) is 5. The van der Waals surface area contributed by atoms with Crippen LogP contribution in [0.4, 0.5) is 0 Å². The number of hydrogen-bond acceptors (Lipinski definition) is 6. The lowest BCUT2D eigenvalue weighted by Crippen LogP contribution is -2.23. The highest BCUT2D eigenvalue weighted by atomic mass is 32.2. The Bertz CT molecular complexity index is 1030. The highest BCUT2D eigenvalue weighted by Crippen LogP contribution is 2.21. The molecular formula is C22H29N5O2S. The molecule has 0 aliphatic heterocycles. The zero-order chi connectivity index (χ0) is 21.6. The third-order valence-electron chi connectivity index (χ3n) is 5.31. The first kappa shape index (κ1) is 22.1. The molecule has 3 rings (SSSR count). The van der Waals surface area contributed by atoms with Crippen LogP contribution >= 0.6 is 0 Å². The van der Waals surface area contributed by atoms with Crippen LogP contribution in [0.25, 0.3) is 11.4 Å². The van der Waals surface area contributed by atoms with Gasteiger partial charge in [0, 0.05) is 17.9 Å². The van der Waals surface area contributed by atoms with Crippen LogP contribution in [0.15, 0.2) is 59.5 Å². The summed E-state index contributed by atoms with van der Waals surface area (Å²) in [6, 6.07) is 17.3. The maximum atomic E-state index is 11.6. The number of sulfone groups is 1. The van der Waals surface area contributed by atoms with Gasteiger partial charge >= 0.3 is 0 Å². The highest BCUT2D eigenvalue weighted by molar-refractivity contribution is 7.90. The monoisotopic (exact) mass is 427 g/mol. The standard InChI is InChI=1S/C22H29N5O2S/c1-18(19-12-14-21(15-13-19)30(3,28)29)26(2)16-8-5-9-17-27-24-22(23-25-27)20-10-6-4-7-11-20/h4,6-7,10-15,18H,5,8-9,16-17H2,1-3H3. The van der Waals surface area contributed by atoms with Crippen LogP contribution in [-0.2, 0) is 16.4 Å². The van der Waals surface area contributed by atoms with Gasteiger partial charge in [-0.1, -0.05) is 48.9 Å².